The predicted octanol–water partition coefficient (Wildman–Crippen LogP) is 6.03. The van der Waals surface area contributed by atoms with Crippen molar-refractivity contribution >= 4 is 45.3 Å². The molecule has 0 aliphatic heterocycles. The first kappa shape index (κ1) is 32.7. The number of aromatic nitrogens is 4. The molecule has 0 radical (unpaired) electrons. The van der Waals surface area contributed by atoms with E-state index in [1.165, 1.54) is 25.7 Å². The molecule has 2 aliphatic carbocycles. The minimum Gasteiger partial charge on any atom is -0.396 e. The van der Waals surface area contributed by atoms with Gasteiger partial charge in [0.05, 0.1) is 33.3 Å². The molecule has 2 aromatic heterocycles. The van der Waals surface area contributed by atoms with Gasteiger partial charge in [-0.1, -0.05) is 37.1 Å². The average Bonchev–Trinajstić information content (AvgIpc) is 3.04. The number of benzene rings is 2. The number of aromatic amines is 2. The zero-order chi connectivity index (χ0) is 31.1. The van der Waals surface area contributed by atoms with Gasteiger partial charge >= 0.3 is 0 Å². The Morgan fingerprint density at radius 3 is 1.55 bits per heavy atom. The van der Waals surface area contributed by atoms with Gasteiger partial charge in [0.15, 0.2) is 0 Å². The first-order chi connectivity index (χ1) is 21.3. The summed E-state index contributed by atoms with van der Waals surface area (Å²) in [5.41, 5.74) is 3.57. The highest BCUT2D eigenvalue weighted by Crippen LogP contribution is 2.34. The van der Waals surface area contributed by atoms with E-state index in [9.17, 15) is 19.8 Å². The van der Waals surface area contributed by atoms with Crippen LogP contribution in [-0.2, 0) is 11.5 Å². The number of aliphatic hydroxyl groups is 2. The number of nitrogens with zero attached hydrogens (tertiary/aromatic N) is 2. The molecule has 2 aromatic carbocycles. The number of aliphatic hydroxyl groups excluding tert-OH is 2. The number of rotatable bonds is 8. The van der Waals surface area contributed by atoms with Gasteiger partial charge in [-0.25, -0.2) is 9.97 Å². The molecule has 0 unspecified atom stereocenters. The van der Waals surface area contributed by atoms with Crippen LogP contribution in [0, 0.1) is 25.7 Å². The molecular formula is C34H44N4O4S2. The van der Waals surface area contributed by atoms with Crippen molar-refractivity contribution in [3.05, 3.63) is 79.9 Å². The largest absolute Gasteiger partial charge is 0.396 e. The van der Waals surface area contributed by atoms with Crippen molar-refractivity contribution in [2.45, 2.75) is 87.2 Å². The minimum absolute atomic E-state index is 0.0545. The molecule has 4 aromatic rings. The lowest BCUT2D eigenvalue weighted by Gasteiger charge is -2.27. The van der Waals surface area contributed by atoms with E-state index >= 15 is 0 Å². The van der Waals surface area contributed by atoms with E-state index < -0.39 is 0 Å². The van der Waals surface area contributed by atoms with Crippen molar-refractivity contribution in [1.82, 2.24) is 19.9 Å². The van der Waals surface area contributed by atoms with Gasteiger partial charge in [0.2, 0.25) is 0 Å². The number of hydrogen-bond donors (Lipinski definition) is 4. The number of aryl methyl sites for hydroxylation is 2. The van der Waals surface area contributed by atoms with Gasteiger partial charge in [-0.3, -0.25) is 9.59 Å². The molecule has 4 N–H and O–H groups in total. The summed E-state index contributed by atoms with van der Waals surface area (Å²) in [6.07, 6.45) is 9.16. The van der Waals surface area contributed by atoms with Gasteiger partial charge in [0, 0.05) is 23.7 Å². The molecule has 2 aliphatic rings. The lowest BCUT2D eigenvalue weighted by atomic mass is 9.90. The van der Waals surface area contributed by atoms with Crippen LogP contribution in [0.3, 0.4) is 0 Å². The smallest absolute Gasteiger partial charge is 0.258 e. The summed E-state index contributed by atoms with van der Waals surface area (Å²) in [6, 6.07) is 11.4. The molecule has 0 spiro atoms. The molecule has 2 fully saturated rings. The fraction of sp³-hybridized carbons (Fsp3) is 0.529. The van der Waals surface area contributed by atoms with E-state index in [0.29, 0.717) is 46.3 Å². The lowest BCUT2D eigenvalue weighted by molar-refractivity contribution is 0.192. The summed E-state index contributed by atoms with van der Waals surface area (Å²) in [6.45, 7) is 4.56. The summed E-state index contributed by atoms with van der Waals surface area (Å²) in [4.78, 5) is 39.4. The molecule has 6 rings (SSSR count). The summed E-state index contributed by atoms with van der Waals surface area (Å²) in [5.74, 6) is 3.84. The van der Waals surface area contributed by atoms with Gasteiger partial charge in [-0.05, 0) is 87.5 Å². The van der Waals surface area contributed by atoms with Crippen molar-refractivity contribution in [2.75, 3.05) is 13.2 Å². The highest BCUT2D eigenvalue weighted by atomic mass is 32.2. The summed E-state index contributed by atoms with van der Waals surface area (Å²) >= 11 is 3.70. The minimum atomic E-state index is -0.0545. The molecule has 44 heavy (non-hydrogen) atoms. The van der Waals surface area contributed by atoms with Crippen LogP contribution in [0.15, 0.2) is 46.0 Å². The SMILES string of the molecule is Cc1cccc2c(=O)[nH]c(CS[C@@H]3CCC[C@@H](CO)C3)nc12.Cc1cccc2c(=O)[nH]c(CS[C@@H]3CCC[C@H](CO)C3)nc12. The summed E-state index contributed by atoms with van der Waals surface area (Å²) in [5, 5.41) is 21.1. The molecule has 8 nitrogen and oxygen atoms in total. The van der Waals surface area contributed by atoms with Crippen molar-refractivity contribution < 1.29 is 10.2 Å². The first-order valence-corrected chi connectivity index (χ1v) is 17.9. The summed E-state index contributed by atoms with van der Waals surface area (Å²) in [7, 11) is 0. The van der Waals surface area contributed by atoms with Crippen molar-refractivity contribution in [3.63, 3.8) is 0 Å². The van der Waals surface area contributed by atoms with Crippen LogP contribution in [-0.4, -0.2) is 53.9 Å². The third-order valence-corrected chi connectivity index (χ3v) is 11.6. The van der Waals surface area contributed by atoms with Gasteiger partial charge in [0.1, 0.15) is 11.6 Å². The quantitative estimate of drug-likeness (QED) is 0.184. The van der Waals surface area contributed by atoms with E-state index in [4.69, 9.17) is 0 Å². The number of H-pyrrole nitrogens is 2. The Morgan fingerprint density at radius 1 is 0.705 bits per heavy atom. The predicted molar refractivity (Wildman–Crippen MR) is 182 cm³/mol. The maximum Gasteiger partial charge on any atom is 0.258 e. The van der Waals surface area contributed by atoms with E-state index in [-0.39, 0.29) is 11.1 Å². The second-order valence-electron chi connectivity index (χ2n) is 12.3. The molecule has 2 saturated carbocycles. The van der Waals surface area contributed by atoms with Gasteiger partial charge in [-0.2, -0.15) is 23.5 Å². The van der Waals surface area contributed by atoms with Gasteiger partial charge in [0.25, 0.3) is 11.1 Å². The Labute approximate surface area is 266 Å². The van der Waals surface area contributed by atoms with Gasteiger partial charge in [-0.15, -0.1) is 0 Å². The van der Waals surface area contributed by atoms with E-state index in [0.717, 1.165) is 71.0 Å². The highest BCUT2D eigenvalue weighted by Gasteiger charge is 2.23. The number of para-hydroxylation sites is 2. The Kier molecular flexibility index (Phi) is 11.6. The molecular weight excluding hydrogens is 593 g/mol. The molecule has 0 saturated heterocycles. The molecule has 4 atom stereocenters. The Balaban J connectivity index is 0.000000175. The average molecular weight is 637 g/mol. The van der Waals surface area contributed by atoms with E-state index in [2.05, 4.69) is 19.9 Å². The summed E-state index contributed by atoms with van der Waals surface area (Å²) < 4.78 is 0. The topological polar surface area (TPSA) is 132 Å². The van der Waals surface area contributed by atoms with Crippen LogP contribution in [0.4, 0.5) is 0 Å². The van der Waals surface area contributed by atoms with Crippen LogP contribution in [0.2, 0.25) is 0 Å². The number of nitrogens with one attached hydrogen (secondary N) is 2. The van der Waals surface area contributed by atoms with Crippen LogP contribution in [0.1, 0.15) is 74.1 Å². The fourth-order valence-corrected chi connectivity index (χ4v) is 8.90. The van der Waals surface area contributed by atoms with Crippen LogP contribution in [0.25, 0.3) is 21.8 Å². The van der Waals surface area contributed by atoms with Crippen molar-refractivity contribution in [3.8, 4) is 0 Å². The lowest BCUT2D eigenvalue weighted by Crippen LogP contribution is -2.20. The maximum absolute atomic E-state index is 12.2. The number of hydrogen-bond acceptors (Lipinski definition) is 8. The van der Waals surface area contributed by atoms with Gasteiger partial charge < -0.3 is 20.2 Å². The molecule has 0 bridgehead atoms. The number of fused-ring (bicyclic) bond motifs is 2. The third-order valence-electron chi connectivity index (χ3n) is 8.87. The molecule has 236 valence electrons. The van der Waals surface area contributed by atoms with Crippen LogP contribution < -0.4 is 11.1 Å². The first-order valence-electron chi connectivity index (χ1n) is 15.8. The third kappa shape index (κ3) is 8.33. The standard InChI is InChI=1S/2C17H22N2O2S/c2*1-11-4-2-7-14-16(11)18-15(19-17(14)21)10-22-13-6-3-5-12(8-13)9-20/h2*2,4,7,12-13,20H,3,5-6,8-10H2,1H3,(H,18,19,21)/t12-,13+;12-,13-/m01/s1. The number of thioether (sulfide) groups is 2. The normalized spacial score (nSPS) is 22.1. The van der Waals surface area contributed by atoms with Crippen molar-refractivity contribution in [2.24, 2.45) is 11.8 Å². The van der Waals surface area contributed by atoms with E-state index in [1.54, 1.807) is 0 Å². The second-order valence-corrected chi connectivity index (χ2v) is 14.8. The highest BCUT2D eigenvalue weighted by molar-refractivity contribution is 7.99. The molecule has 2 heterocycles. The van der Waals surface area contributed by atoms with Crippen molar-refractivity contribution in [1.29, 1.82) is 0 Å². The van der Waals surface area contributed by atoms with Crippen LogP contribution >= 0.6 is 23.5 Å². The monoisotopic (exact) mass is 636 g/mol. The Hall–Kier alpha value is -2.66. The second kappa shape index (κ2) is 15.6. The zero-order valence-corrected chi connectivity index (χ0v) is 27.3. The fourth-order valence-electron chi connectivity index (χ4n) is 6.35. The van der Waals surface area contributed by atoms with E-state index in [1.807, 2.05) is 73.8 Å². The Bertz CT molecular complexity index is 1550. The van der Waals surface area contributed by atoms with Crippen LogP contribution in [0.5, 0.6) is 0 Å². The molecule has 0 amide bonds. The maximum atomic E-state index is 12.2. The molecule has 10 heteroatoms. The Morgan fingerprint density at radius 2 is 1.14 bits per heavy atom. The zero-order valence-electron chi connectivity index (χ0n) is 25.7.